The summed E-state index contributed by atoms with van der Waals surface area (Å²) in [4.78, 5) is 2.37. The molecule has 14 heavy (non-hydrogen) atoms. The van der Waals surface area contributed by atoms with Crippen LogP contribution in [-0.2, 0) is 6.54 Å². The molecule has 2 heteroatoms. The summed E-state index contributed by atoms with van der Waals surface area (Å²) in [6, 6.07) is 6.24. The fourth-order valence-corrected chi connectivity index (χ4v) is 1.57. The summed E-state index contributed by atoms with van der Waals surface area (Å²) in [6.07, 6.45) is 0. The summed E-state index contributed by atoms with van der Waals surface area (Å²) in [6.45, 7) is 9.51. The van der Waals surface area contributed by atoms with Gasteiger partial charge in [0.15, 0.2) is 0 Å². The summed E-state index contributed by atoms with van der Waals surface area (Å²) in [5, 5.41) is 0. The van der Waals surface area contributed by atoms with Gasteiger partial charge in [0.05, 0.1) is 0 Å². The van der Waals surface area contributed by atoms with Crippen molar-refractivity contribution < 1.29 is 0 Å². The second kappa shape index (κ2) is 5.01. The molecule has 0 heterocycles. The Morgan fingerprint density at radius 3 is 2.43 bits per heavy atom. The minimum Gasteiger partial charge on any atom is -0.398 e. The number of para-hydroxylation sites is 1. The van der Waals surface area contributed by atoms with Gasteiger partial charge in [-0.2, -0.15) is 0 Å². The van der Waals surface area contributed by atoms with Crippen LogP contribution in [0.5, 0.6) is 0 Å². The zero-order chi connectivity index (χ0) is 10.6. The predicted molar refractivity (Wildman–Crippen MR) is 62.2 cm³/mol. The molecule has 0 aliphatic rings. The van der Waals surface area contributed by atoms with Crippen LogP contribution in [0.15, 0.2) is 18.2 Å². The van der Waals surface area contributed by atoms with E-state index >= 15 is 0 Å². The van der Waals surface area contributed by atoms with Crippen LogP contribution in [0, 0.1) is 6.92 Å². The first-order chi connectivity index (χ1) is 6.69. The van der Waals surface area contributed by atoms with Gasteiger partial charge in [0.1, 0.15) is 0 Å². The van der Waals surface area contributed by atoms with Crippen LogP contribution in [0.2, 0.25) is 0 Å². The molecule has 0 unspecified atom stereocenters. The van der Waals surface area contributed by atoms with Crippen LogP contribution in [0.3, 0.4) is 0 Å². The highest BCUT2D eigenvalue weighted by Gasteiger charge is 2.05. The molecule has 1 rings (SSSR count). The molecule has 2 N–H and O–H groups in total. The number of hydrogen-bond donors (Lipinski definition) is 1. The van der Waals surface area contributed by atoms with Crippen molar-refractivity contribution in [2.45, 2.75) is 27.3 Å². The highest BCUT2D eigenvalue weighted by molar-refractivity contribution is 5.52. The molecule has 1 aromatic rings. The third kappa shape index (κ3) is 2.48. The second-order valence-corrected chi connectivity index (χ2v) is 3.61. The van der Waals surface area contributed by atoms with Gasteiger partial charge in [-0.1, -0.05) is 32.0 Å². The molecule has 2 nitrogen and oxygen atoms in total. The number of nitrogens with two attached hydrogens (primary N) is 1. The average molecular weight is 192 g/mol. The monoisotopic (exact) mass is 192 g/mol. The topological polar surface area (TPSA) is 29.3 Å². The number of nitrogens with zero attached hydrogens (tertiary/aromatic N) is 1. The third-order valence-electron chi connectivity index (χ3n) is 2.70. The summed E-state index contributed by atoms with van der Waals surface area (Å²) in [5.74, 6) is 0. The van der Waals surface area contributed by atoms with Crippen molar-refractivity contribution in [3.63, 3.8) is 0 Å². The first-order valence-corrected chi connectivity index (χ1v) is 5.25. The Morgan fingerprint density at radius 2 is 1.86 bits per heavy atom. The van der Waals surface area contributed by atoms with Crippen molar-refractivity contribution in [3.8, 4) is 0 Å². The van der Waals surface area contributed by atoms with E-state index in [1.165, 1.54) is 11.1 Å². The Bertz CT molecular complexity index is 290. The van der Waals surface area contributed by atoms with Gasteiger partial charge in [-0.3, -0.25) is 4.90 Å². The maximum Gasteiger partial charge on any atom is 0.0389 e. The van der Waals surface area contributed by atoms with Gasteiger partial charge in [0, 0.05) is 12.2 Å². The van der Waals surface area contributed by atoms with Crippen LogP contribution in [-0.4, -0.2) is 18.0 Å². The third-order valence-corrected chi connectivity index (χ3v) is 2.70. The fourth-order valence-electron chi connectivity index (χ4n) is 1.57. The molecule has 1 aromatic carbocycles. The first kappa shape index (κ1) is 11.1. The fraction of sp³-hybridized carbons (Fsp3) is 0.500. The molecule has 0 radical (unpaired) electrons. The van der Waals surface area contributed by atoms with E-state index in [2.05, 4.69) is 43.9 Å². The molecule has 0 amide bonds. The largest absolute Gasteiger partial charge is 0.398 e. The van der Waals surface area contributed by atoms with Gasteiger partial charge in [0.2, 0.25) is 0 Å². The second-order valence-electron chi connectivity index (χ2n) is 3.61. The number of hydrogen-bond acceptors (Lipinski definition) is 2. The Kier molecular flexibility index (Phi) is 3.96. The Labute approximate surface area is 86.7 Å². The standard InChI is InChI=1S/C12H20N2/c1-4-14(5-2)9-11-8-6-7-10(3)12(11)13/h6-8H,4-5,9,13H2,1-3H3. The normalized spacial score (nSPS) is 10.9. The lowest BCUT2D eigenvalue weighted by Gasteiger charge is -2.19. The summed E-state index contributed by atoms with van der Waals surface area (Å²) < 4.78 is 0. The van der Waals surface area contributed by atoms with E-state index < -0.39 is 0 Å². The van der Waals surface area contributed by atoms with Crippen molar-refractivity contribution in [2.75, 3.05) is 18.8 Å². The highest BCUT2D eigenvalue weighted by Crippen LogP contribution is 2.17. The van der Waals surface area contributed by atoms with Gasteiger partial charge in [-0.05, 0) is 31.1 Å². The summed E-state index contributed by atoms with van der Waals surface area (Å²) in [7, 11) is 0. The van der Waals surface area contributed by atoms with E-state index in [-0.39, 0.29) is 0 Å². The summed E-state index contributed by atoms with van der Waals surface area (Å²) in [5.41, 5.74) is 9.38. The maximum atomic E-state index is 6.01. The van der Waals surface area contributed by atoms with Crippen LogP contribution in [0.1, 0.15) is 25.0 Å². The molecule has 0 saturated heterocycles. The van der Waals surface area contributed by atoms with Crippen molar-refractivity contribution >= 4 is 5.69 Å². The average Bonchev–Trinajstić information content (AvgIpc) is 2.20. The van der Waals surface area contributed by atoms with Crippen molar-refractivity contribution in [1.29, 1.82) is 0 Å². The van der Waals surface area contributed by atoms with Gasteiger partial charge in [-0.15, -0.1) is 0 Å². The number of benzene rings is 1. The molecule has 0 spiro atoms. The molecule has 0 aliphatic heterocycles. The van der Waals surface area contributed by atoms with E-state index in [1.54, 1.807) is 0 Å². The van der Waals surface area contributed by atoms with Crippen molar-refractivity contribution in [3.05, 3.63) is 29.3 Å². The highest BCUT2D eigenvalue weighted by atomic mass is 15.1. The first-order valence-electron chi connectivity index (χ1n) is 5.25. The van der Waals surface area contributed by atoms with Gasteiger partial charge in [0.25, 0.3) is 0 Å². The minimum absolute atomic E-state index is 0.944. The number of anilines is 1. The van der Waals surface area contributed by atoms with Crippen LogP contribution >= 0.6 is 0 Å². The maximum absolute atomic E-state index is 6.01. The SMILES string of the molecule is CCN(CC)Cc1cccc(C)c1N. The van der Waals surface area contributed by atoms with Gasteiger partial charge < -0.3 is 5.73 Å². The molecular weight excluding hydrogens is 172 g/mol. The van der Waals surface area contributed by atoms with Gasteiger partial charge in [-0.25, -0.2) is 0 Å². The Morgan fingerprint density at radius 1 is 1.21 bits per heavy atom. The number of rotatable bonds is 4. The molecular formula is C12H20N2. The molecule has 0 atom stereocenters. The molecule has 0 fully saturated rings. The zero-order valence-electron chi connectivity index (χ0n) is 9.38. The van der Waals surface area contributed by atoms with E-state index in [0.29, 0.717) is 0 Å². The van der Waals surface area contributed by atoms with Crippen molar-refractivity contribution in [2.24, 2.45) is 0 Å². The molecule has 0 aromatic heterocycles. The zero-order valence-corrected chi connectivity index (χ0v) is 9.38. The molecule has 0 saturated carbocycles. The number of nitrogen functional groups attached to an aromatic ring is 1. The molecule has 0 bridgehead atoms. The predicted octanol–water partition coefficient (Wildman–Crippen LogP) is 2.42. The lowest BCUT2D eigenvalue weighted by Crippen LogP contribution is -2.22. The number of aryl methyl sites for hydroxylation is 1. The van der Waals surface area contributed by atoms with Crippen molar-refractivity contribution in [1.82, 2.24) is 4.90 Å². The van der Waals surface area contributed by atoms with Crippen LogP contribution < -0.4 is 5.73 Å². The minimum atomic E-state index is 0.944. The smallest absolute Gasteiger partial charge is 0.0389 e. The summed E-state index contributed by atoms with van der Waals surface area (Å²) >= 11 is 0. The Hall–Kier alpha value is -1.02. The van der Waals surface area contributed by atoms with E-state index in [1.807, 2.05) is 0 Å². The lowest BCUT2D eigenvalue weighted by atomic mass is 10.1. The van der Waals surface area contributed by atoms with E-state index in [4.69, 9.17) is 5.73 Å². The molecule has 0 aliphatic carbocycles. The van der Waals surface area contributed by atoms with Gasteiger partial charge >= 0.3 is 0 Å². The lowest BCUT2D eigenvalue weighted by molar-refractivity contribution is 0.296. The van der Waals surface area contributed by atoms with E-state index in [0.717, 1.165) is 25.3 Å². The molecule has 78 valence electrons. The van der Waals surface area contributed by atoms with E-state index in [9.17, 15) is 0 Å². The van der Waals surface area contributed by atoms with Crippen LogP contribution in [0.4, 0.5) is 5.69 Å². The van der Waals surface area contributed by atoms with Crippen LogP contribution in [0.25, 0.3) is 0 Å². The quantitative estimate of drug-likeness (QED) is 0.742. The Balaban J connectivity index is 2.80.